The molecule has 1 saturated carbocycles. The van der Waals surface area contributed by atoms with Crippen LogP contribution >= 0.6 is 0 Å². The van der Waals surface area contributed by atoms with E-state index in [1.165, 1.54) is 45.2 Å². The Kier molecular flexibility index (Phi) is 3.69. The van der Waals surface area contributed by atoms with Crippen molar-refractivity contribution in [3.8, 4) is 0 Å². The first-order valence-electron chi connectivity index (χ1n) is 7.49. The fourth-order valence-electron chi connectivity index (χ4n) is 3.60. The van der Waals surface area contributed by atoms with Gasteiger partial charge in [0.1, 0.15) is 0 Å². The van der Waals surface area contributed by atoms with Gasteiger partial charge in [-0.2, -0.15) is 0 Å². The van der Waals surface area contributed by atoms with Gasteiger partial charge in [-0.15, -0.1) is 0 Å². The first kappa shape index (κ1) is 12.2. The van der Waals surface area contributed by atoms with Crippen LogP contribution in [0.1, 0.15) is 32.1 Å². The zero-order valence-corrected chi connectivity index (χ0v) is 11.2. The average molecular weight is 248 g/mol. The van der Waals surface area contributed by atoms with E-state index in [-0.39, 0.29) is 5.91 Å². The molecule has 3 nitrogen and oxygen atoms in total. The lowest BCUT2D eigenvalue weighted by Gasteiger charge is -2.46. The summed E-state index contributed by atoms with van der Waals surface area (Å²) in [5, 5.41) is 0. The summed E-state index contributed by atoms with van der Waals surface area (Å²) in [6, 6.07) is 0. The molecule has 3 heteroatoms. The predicted molar refractivity (Wildman–Crippen MR) is 72.2 cm³/mol. The van der Waals surface area contributed by atoms with Crippen LogP contribution in [-0.2, 0) is 4.79 Å². The van der Waals surface area contributed by atoms with Crippen LogP contribution in [0.4, 0.5) is 0 Å². The second kappa shape index (κ2) is 5.43. The van der Waals surface area contributed by atoms with Crippen LogP contribution in [0.5, 0.6) is 0 Å². The second-order valence-corrected chi connectivity index (χ2v) is 6.21. The van der Waals surface area contributed by atoms with Gasteiger partial charge in [-0.1, -0.05) is 12.5 Å². The van der Waals surface area contributed by atoms with Gasteiger partial charge >= 0.3 is 0 Å². The maximum Gasteiger partial charge on any atom is 0.246 e. The summed E-state index contributed by atoms with van der Waals surface area (Å²) >= 11 is 0. The van der Waals surface area contributed by atoms with Gasteiger partial charge in [0.2, 0.25) is 5.91 Å². The summed E-state index contributed by atoms with van der Waals surface area (Å²) in [5.41, 5.74) is 0. The number of carbonyl (C=O) groups excluding carboxylic acids is 1. The van der Waals surface area contributed by atoms with Crippen molar-refractivity contribution in [1.29, 1.82) is 0 Å². The first-order chi connectivity index (χ1) is 8.81. The number of hydrogen-bond donors (Lipinski definition) is 0. The van der Waals surface area contributed by atoms with Gasteiger partial charge in [0.25, 0.3) is 0 Å². The van der Waals surface area contributed by atoms with Crippen molar-refractivity contribution in [3.05, 3.63) is 12.2 Å². The van der Waals surface area contributed by atoms with Crippen molar-refractivity contribution in [2.75, 3.05) is 32.7 Å². The Balaban J connectivity index is 1.42. The van der Waals surface area contributed by atoms with Crippen LogP contribution in [0.25, 0.3) is 0 Å². The predicted octanol–water partition coefficient (Wildman–Crippen LogP) is 1.90. The lowest BCUT2D eigenvalue weighted by molar-refractivity contribution is -0.132. The summed E-state index contributed by atoms with van der Waals surface area (Å²) in [6.45, 7) is 5.36. The van der Waals surface area contributed by atoms with E-state index in [0.29, 0.717) is 0 Å². The molecule has 0 N–H and O–H groups in total. The number of fused-ring (bicyclic) bond motifs is 2. The zero-order valence-electron chi connectivity index (χ0n) is 11.2. The average Bonchev–Trinajstić information content (AvgIpc) is 2.39. The summed E-state index contributed by atoms with van der Waals surface area (Å²) in [5.74, 6) is 1.85. The Hall–Kier alpha value is -0.830. The third-order valence-electron chi connectivity index (χ3n) is 4.67. The van der Waals surface area contributed by atoms with Crippen LogP contribution in [-0.4, -0.2) is 48.4 Å². The Morgan fingerprint density at radius 2 is 1.72 bits per heavy atom. The molecule has 3 heterocycles. The van der Waals surface area contributed by atoms with E-state index in [0.717, 1.165) is 31.5 Å². The topological polar surface area (TPSA) is 23.6 Å². The maximum atomic E-state index is 12.0. The van der Waals surface area contributed by atoms with Crippen LogP contribution in [0.15, 0.2) is 12.2 Å². The summed E-state index contributed by atoms with van der Waals surface area (Å²) < 4.78 is 0. The summed E-state index contributed by atoms with van der Waals surface area (Å²) in [7, 11) is 0. The molecule has 0 radical (unpaired) electrons. The normalized spacial score (nSPS) is 32.6. The van der Waals surface area contributed by atoms with E-state index in [9.17, 15) is 4.79 Å². The molecule has 4 rings (SSSR count). The highest BCUT2D eigenvalue weighted by atomic mass is 16.2. The second-order valence-electron chi connectivity index (χ2n) is 6.21. The molecule has 4 aliphatic rings. The van der Waals surface area contributed by atoms with Gasteiger partial charge in [-0.05, 0) is 50.6 Å². The molecule has 0 spiro atoms. The van der Waals surface area contributed by atoms with Gasteiger partial charge in [0, 0.05) is 25.7 Å². The van der Waals surface area contributed by atoms with Crippen molar-refractivity contribution >= 4 is 5.91 Å². The zero-order chi connectivity index (χ0) is 12.4. The lowest BCUT2D eigenvalue weighted by atomic mass is 9.71. The number of likely N-dealkylation sites (tertiary alicyclic amines) is 1. The Morgan fingerprint density at radius 1 is 1.06 bits per heavy atom. The first-order valence-corrected chi connectivity index (χ1v) is 7.49. The smallest absolute Gasteiger partial charge is 0.246 e. The van der Waals surface area contributed by atoms with Gasteiger partial charge < -0.3 is 4.90 Å². The van der Waals surface area contributed by atoms with E-state index in [4.69, 9.17) is 0 Å². The molecule has 3 saturated heterocycles. The van der Waals surface area contributed by atoms with E-state index in [1.807, 2.05) is 0 Å². The minimum Gasteiger partial charge on any atom is -0.339 e. The molecule has 100 valence electrons. The van der Waals surface area contributed by atoms with Gasteiger partial charge in [0.05, 0.1) is 0 Å². The highest BCUT2D eigenvalue weighted by Gasteiger charge is 2.38. The van der Waals surface area contributed by atoms with Crippen LogP contribution in [0.3, 0.4) is 0 Å². The Morgan fingerprint density at radius 3 is 2.39 bits per heavy atom. The van der Waals surface area contributed by atoms with E-state index in [2.05, 4.69) is 15.9 Å². The number of piperidine rings is 3. The minimum absolute atomic E-state index is 0.237. The van der Waals surface area contributed by atoms with Gasteiger partial charge in [-0.25, -0.2) is 0 Å². The largest absolute Gasteiger partial charge is 0.339 e. The third kappa shape index (κ3) is 2.77. The SMILES string of the molecule is O=C(/C=C/CN1CCCCC1)N1CC2CC(C2)C1. The van der Waals surface area contributed by atoms with Crippen LogP contribution in [0, 0.1) is 11.8 Å². The molecule has 0 unspecified atom stereocenters. The molecule has 3 aliphatic heterocycles. The van der Waals surface area contributed by atoms with E-state index < -0.39 is 0 Å². The molecular weight excluding hydrogens is 224 g/mol. The molecule has 0 atom stereocenters. The molecule has 0 aromatic rings. The van der Waals surface area contributed by atoms with E-state index in [1.54, 1.807) is 6.08 Å². The number of hydrogen-bond acceptors (Lipinski definition) is 2. The molecule has 18 heavy (non-hydrogen) atoms. The van der Waals surface area contributed by atoms with Crippen LogP contribution < -0.4 is 0 Å². The van der Waals surface area contributed by atoms with Gasteiger partial charge in [0.15, 0.2) is 0 Å². The van der Waals surface area contributed by atoms with E-state index >= 15 is 0 Å². The highest BCUT2D eigenvalue weighted by Crippen LogP contribution is 2.39. The molecular formula is C15H24N2O. The van der Waals surface area contributed by atoms with Crippen molar-refractivity contribution in [2.24, 2.45) is 11.8 Å². The highest BCUT2D eigenvalue weighted by molar-refractivity contribution is 5.87. The maximum absolute atomic E-state index is 12.0. The summed E-state index contributed by atoms with van der Waals surface area (Å²) in [4.78, 5) is 16.5. The number of rotatable bonds is 3. The monoisotopic (exact) mass is 248 g/mol. The Labute approximate surface area is 110 Å². The lowest BCUT2D eigenvalue weighted by Crippen LogP contribution is -2.50. The number of carbonyl (C=O) groups is 1. The molecule has 0 aromatic carbocycles. The molecule has 1 amide bonds. The van der Waals surface area contributed by atoms with Crippen LogP contribution in [0.2, 0.25) is 0 Å². The van der Waals surface area contributed by atoms with Crippen molar-refractivity contribution in [2.45, 2.75) is 32.1 Å². The fraction of sp³-hybridized carbons (Fsp3) is 0.800. The third-order valence-corrected chi connectivity index (χ3v) is 4.67. The molecule has 1 aliphatic carbocycles. The van der Waals surface area contributed by atoms with Crippen molar-refractivity contribution < 1.29 is 4.79 Å². The standard InChI is InChI=1S/C15H24N2O/c18-15(17-11-13-9-14(10-13)12-17)5-4-8-16-6-2-1-3-7-16/h4-5,13-14H,1-3,6-12H2/b5-4+. The van der Waals surface area contributed by atoms with Crippen molar-refractivity contribution in [3.63, 3.8) is 0 Å². The minimum atomic E-state index is 0.237. The number of amides is 1. The van der Waals surface area contributed by atoms with Crippen molar-refractivity contribution in [1.82, 2.24) is 9.80 Å². The molecule has 0 aromatic heterocycles. The van der Waals surface area contributed by atoms with Gasteiger partial charge in [-0.3, -0.25) is 9.69 Å². The molecule has 2 bridgehead atoms. The fourth-order valence-corrected chi connectivity index (χ4v) is 3.60. The quantitative estimate of drug-likeness (QED) is 0.712. The Bertz CT molecular complexity index is 317. The number of nitrogens with zero attached hydrogens (tertiary/aromatic N) is 2. The molecule has 4 fully saturated rings. The summed E-state index contributed by atoms with van der Waals surface area (Å²) in [6.07, 6.45) is 10.6.